The van der Waals surface area contributed by atoms with E-state index in [2.05, 4.69) is 14.9 Å². The molecule has 2 atom stereocenters. The number of aromatic nitrogens is 2. The molecule has 0 aliphatic carbocycles. The fourth-order valence-electron chi connectivity index (χ4n) is 2.25. The van der Waals surface area contributed by atoms with Crippen LogP contribution in [-0.4, -0.2) is 62.1 Å². The molecule has 1 aromatic rings. The number of hydrogen-bond donors (Lipinski definition) is 1. The van der Waals surface area contributed by atoms with Crippen LogP contribution in [0.25, 0.3) is 0 Å². The second-order valence-corrected chi connectivity index (χ2v) is 5.33. The lowest BCUT2D eigenvalue weighted by molar-refractivity contribution is -0.385. The number of aliphatic hydroxyl groups is 1. The molecule has 26 heavy (non-hydrogen) atoms. The molecule has 1 N–H and O–H groups in total. The zero-order valence-electron chi connectivity index (χ0n) is 13.3. The average molecular weight is 383 g/mol. The number of carbonyl (C=O) groups excluding carboxylic acids is 1. The van der Waals surface area contributed by atoms with Crippen LogP contribution in [0.3, 0.4) is 0 Å². The Morgan fingerprint density at radius 1 is 1.46 bits per heavy atom. The minimum absolute atomic E-state index is 0.135. The molecule has 144 valence electrons. The summed E-state index contributed by atoms with van der Waals surface area (Å²) in [5.41, 5.74) is -4.94. The van der Waals surface area contributed by atoms with E-state index >= 15 is 0 Å². The highest BCUT2D eigenvalue weighted by molar-refractivity contribution is 5.93. The monoisotopic (exact) mass is 383 g/mol. The summed E-state index contributed by atoms with van der Waals surface area (Å²) in [5.74, 6) is -1.76. The van der Waals surface area contributed by atoms with Gasteiger partial charge in [-0.3, -0.25) is 14.9 Å². The van der Waals surface area contributed by atoms with Crippen molar-refractivity contribution in [1.29, 1.82) is 0 Å². The van der Waals surface area contributed by atoms with Gasteiger partial charge < -0.3 is 9.84 Å². The normalized spacial score (nSPS) is 21.3. The van der Waals surface area contributed by atoms with Gasteiger partial charge in [0.15, 0.2) is 0 Å². The van der Waals surface area contributed by atoms with Gasteiger partial charge in [0.2, 0.25) is 5.72 Å². The van der Waals surface area contributed by atoms with Gasteiger partial charge in [-0.25, -0.2) is 22.2 Å². The quantitative estimate of drug-likeness (QED) is 0.447. The van der Waals surface area contributed by atoms with Gasteiger partial charge in [0, 0.05) is 6.42 Å². The second-order valence-electron chi connectivity index (χ2n) is 5.33. The molecule has 2 rings (SSSR count). The number of alkyl halides is 4. The smallest absolute Gasteiger partial charge is 0.350 e. The molecule has 0 radical (unpaired) electrons. The zero-order valence-corrected chi connectivity index (χ0v) is 13.3. The number of nitrogens with zero attached hydrogens (tertiary/aromatic N) is 5. The molecule has 0 saturated heterocycles. The number of hydrazone groups is 1. The Bertz CT molecular complexity index is 754. The number of hydrogen-bond acceptors (Lipinski definition) is 7. The predicted molar refractivity (Wildman–Crippen MR) is 76.0 cm³/mol. The van der Waals surface area contributed by atoms with Gasteiger partial charge in [0.1, 0.15) is 18.0 Å². The van der Waals surface area contributed by atoms with Crippen LogP contribution in [-0.2, 0) is 4.79 Å². The van der Waals surface area contributed by atoms with Crippen molar-refractivity contribution in [1.82, 2.24) is 14.8 Å². The molecule has 0 fully saturated rings. The van der Waals surface area contributed by atoms with Crippen molar-refractivity contribution in [2.45, 2.75) is 38.0 Å². The van der Waals surface area contributed by atoms with Crippen LogP contribution >= 0.6 is 0 Å². The van der Waals surface area contributed by atoms with Gasteiger partial charge in [-0.15, -0.1) is 5.10 Å². The van der Waals surface area contributed by atoms with Crippen molar-refractivity contribution in [2.24, 2.45) is 5.10 Å². The van der Waals surface area contributed by atoms with Crippen molar-refractivity contribution >= 4 is 17.3 Å². The van der Waals surface area contributed by atoms with Crippen molar-refractivity contribution in [3.63, 3.8) is 0 Å². The third-order valence-corrected chi connectivity index (χ3v) is 3.67. The molecule has 0 aromatic carbocycles. The number of ether oxygens (including phenoxy) is 1. The molecule has 1 aliphatic heterocycles. The lowest BCUT2D eigenvalue weighted by atomic mass is 10.1. The van der Waals surface area contributed by atoms with Crippen molar-refractivity contribution < 1.29 is 37.1 Å². The van der Waals surface area contributed by atoms with E-state index in [1.165, 1.54) is 0 Å². The number of rotatable bonds is 6. The van der Waals surface area contributed by atoms with E-state index in [0.29, 0.717) is 0 Å². The summed E-state index contributed by atoms with van der Waals surface area (Å²) in [7, 11) is 1.08. The lowest BCUT2D eigenvalue weighted by Gasteiger charge is -2.31. The standard InChI is InChI=1S/C12H13F4N5O5/c1-5(19-4-7(21(24)25)9(18-19)26-2)10(22)20-12(23,11(15)16)3-6(17-20)8(13)14/h4-5,8,11,23H,3H2,1-2H3/t5-,12-/m1/s1. The van der Waals surface area contributed by atoms with Crippen LogP contribution in [0.4, 0.5) is 23.2 Å². The van der Waals surface area contributed by atoms with E-state index in [4.69, 9.17) is 0 Å². The molecule has 0 saturated carbocycles. The van der Waals surface area contributed by atoms with Gasteiger partial charge in [-0.05, 0) is 6.92 Å². The third kappa shape index (κ3) is 3.18. The SMILES string of the molecule is COc1nn([C@H](C)C(=O)N2N=C(C(F)F)C[C@@]2(O)C(F)F)cc1[N+](=O)[O-]. The first-order valence-electron chi connectivity index (χ1n) is 7.00. The van der Waals surface area contributed by atoms with E-state index < -0.39 is 59.1 Å². The minimum atomic E-state index is -3.58. The van der Waals surface area contributed by atoms with E-state index in [9.17, 15) is 37.6 Å². The maximum Gasteiger partial charge on any atom is 0.350 e. The number of halogens is 4. The van der Waals surface area contributed by atoms with Gasteiger partial charge in [-0.1, -0.05) is 0 Å². The zero-order chi connectivity index (χ0) is 19.8. The van der Waals surface area contributed by atoms with Gasteiger partial charge in [-0.2, -0.15) is 10.1 Å². The Labute approximate surface area is 142 Å². The highest BCUT2D eigenvalue weighted by Gasteiger charge is 2.54. The Balaban J connectivity index is 2.38. The van der Waals surface area contributed by atoms with Crippen molar-refractivity contribution in [3.8, 4) is 5.88 Å². The number of carbonyl (C=O) groups is 1. The van der Waals surface area contributed by atoms with Crippen LogP contribution in [0.2, 0.25) is 0 Å². The van der Waals surface area contributed by atoms with E-state index in [0.717, 1.165) is 24.9 Å². The van der Waals surface area contributed by atoms with Crippen LogP contribution < -0.4 is 4.74 Å². The Morgan fingerprint density at radius 2 is 2.08 bits per heavy atom. The molecular formula is C12H13F4N5O5. The van der Waals surface area contributed by atoms with Crippen LogP contribution in [0.15, 0.2) is 11.3 Å². The second kappa shape index (κ2) is 6.86. The van der Waals surface area contributed by atoms with E-state index in [1.807, 2.05) is 0 Å². The largest absolute Gasteiger partial charge is 0.475 e. The molecule has 10 nitrogen and oxygen atoms in total. The predicted octanol–water partition coefficient (Wildman–Crippen LogP) is 1.17. The maximum absolute atomic E-state index is 13.2. The van der Waals surface area contributed by atoms with Crippen LogP contribution in [0, 0.1) is 10.1 Å². The Hall–Kier alpha value is -2.77. The molecule has 2 heterocycles. The fourth-order valence-corrected chi connectivity index (χ4v) is 2.25. The summed E-state index contributed by atoms with van der Waals surface area (Å²) < 4.78 is 57.3. The Kier molecular flexibility index (Phi) is 5.16. The van der Waals surface area contributed by atoms with Crippen molar-refractivity contribution in [3.05, 3.63) is 16.3 Å². The van der Waals surface area contributed by atoms with Gasteiger partial charge >= 0.3 is 11.6 Å². The summed E-state index contributed by atoms with van der Waals surface area (Å²) in [5, 5.41) is 27.4. The molecule has 1 aliphatic rings. The molecule has 1 amide bonds. The summed E-state index contributed by atoms with van der Waals surface area (Å²) in [6.45, 7) is 1.11. The topological polar surface area (TPSA) is 123 Å². The fraction of sp³-hybridized carbons (Fsp3) is 0.583. The first-order valence-corrected chi connectivity index (χ1v) is 7.00. The summed E-state index contributed by atoms with van der Waals surface area (Å²) in [6.07, 6.45) is -7.26. The number of amides is 1. The summed E-state index contributed by atoms with van der Waals surface area (Å²) in [6, 6.07) is -1.48. The minimum Gasteiger partial charge on any atom is -0.475 e. The molecule has 0 spiro atoms. The molecular weight excluding hydrogens is 370 g/mol. The van der Waals surface area contributed by atoms with Gasteiger partial charge in [0.25, 0.3) is 18.8 Å². The maximum atomic E-state index is 13.2. The highest BCUT2D eigenvalue weighted by Crippen LogP contribution is 2.35. The lowest BCUT2D eigenvalue weighted by Crippen LogP contribution is -2.53. The highest BCUT2D eigenvalue weighted by atomic mass is 19.3. The molecule has 14 heteroatoms. The van der Waals surface area contributed by atoms with E-state index in [-0.39, 0.29) is 5.01 Å². The van der Waals surface area contributed by atoms with E-state index in [1.54, 1.807) is 0 Å². The number of methoxy groups -OCH3 is 1. The van der Waals surface area contributed by atoms with Crippen LogP contribution in [0.1, 0.15) is 19.4 Å². The van der Waals surface area contributed by atoms with Crippen molar-refractivity contribution in [2.75, 3.05) is 7.11 Å². The van der Waals surface area contributed by atoms with Crippen LogP contribution in [0.5, 0.6) is 5.88 Å². The molecule has 1 aromatic heterocycles. The first-order chi connectivity index (χ1) is 12.0. The Morgan fingerprint density at radius 3 is 2.50 bits per heavy atom. The average Bonchev–Trinajstić information content (AvgIpc) is 3.15. The van der Waals surface area contributed by atoms with Gasteiger partial charge in [0.05, 0.1) is 12.0 Å². The molecule has 0 bridgehead atoms. The summed E-state index contributed by atoms with van der Waals surface area (Å²) in [4.78, 5) is 22.5. The third-order valence-electron chi connectivity index (χ3n) is 3.67. The molecule has 0 unspecified atom stereocenters. The first kappa shape index (κ1) is 19.6. The summed E-state index contributed by atoms with van der Waals surface area (Å²) >= 11 is 0. The number of nitro groups is 1.